The van der Waals surface area contributed by atoms with Gasteiger partial charge in [-0.25, -0.2) is 18.1 Å². The van der Waals surface area contributed by atoms with E-state index in [0.29, 0.717) is 19.5 Å². The van der Waals surface area contributed by atoms with E-state index in [0.717, 1.165) is 22.1 Å². The minimum atomic E-state index is -3.09. The van der Waals surface area contributed by atoms with Crippen molar-refractivity contribution in [1.29, 1.82) is 0 Å². The SMILES string of the molecule is Cc1ccnc(NCCCNS(C)(=O)=O)c1Br. The van der Waals surface area contributed by atoms with E-state index in [1.807, 2.05) is 13.0 Å². The first-order valence-electron chi connectivity index (χ1n) is 5.20. The largest absolute Gasteiger partial charge is 0.369 e. The summed E-state index contributed by atoms with van der Waals surface area (Å²) in [5, 5.41) is 3.15. The van der Waals surface area contributed by atoms with Crippen molar-refractivity contribution in [2.45, 2.75) is 13.3 Å². The molecule has 0 saturated carbocycles. The monoisotopic (exact) mass is 321 g/mol. The fraction of sp³-hybridized carbons (Fsp3) is 0.500. The molecule has 0 aliphatic carbocycles. The highest BCUT2D eigenvalue weighted by molar-refractivity contribution is 9.10. The lowest BCUT2D eigenvalue weighted by molar-refractivity contribution is 0.586. The molecule has 0 aliphatic rings. The number of hydrogen-bond acceptors (Lipinski definition) is 4. The maximum atomic E-state index is 10.8. The average molecular weight is 322 g/mol. The van der Waals surface area contributed by atoms with Gasteiger partial charge >= 0.3 is 0 Å². The Bertz CT molecular complexity index is 476. The van der Waals surface area contributed by atoms with E-state index in [2.05, 4.69) is 31.0 Å². The highest BCUT2D eigenvalue weighted by Crippen LogP contribution is 2.22. The topological polar surface area (TPSA) is 71.1 Å². The number of hydrogen-bond donors (Lipinski definition) is 2. The number of nitrogens with one attached hydrogen (secondary N) is 2. The summed E-state index contributed by atoms with van der Waals surface area (Å²) in [5.74, 6) is 0.782. The van der Waals surface area contributed by atoms with Crippen LogP contribution in [-0.4, -0.2) is 32.7 Å². The number of halogens is 1. The second-order valence-electron chi connectivity index (χ2n) is 3.74. The predicted octanol–water partition coefficient (Wildman–Crippen LogP) is 1.50. The van der Waals surface area contributed by atoms with Crippen LogP contribution in [-0.2, 0) is 10.0 Å². The van der Waals surface area contributed by atoms with Crippen LogP contribution >= 0.6 is 15.9 Å². The quantitative estimate of drug-likeness (QED) is 0.779. The molecule has 1 aromatic heterocycles. The Balaban J connectivity index is 2.34. The highest BCUT2D eigenvalue weighted by Gasteiger charge is 2.03. The molecule has 0 radical (unpaired) electrons. The van der Waals surface area contributed by atoms with Crippen molar-refractivity contribution >= 4 is 31.8 Å². The van der Waals surface area contributed by atoms with Crippen LogP contribution in [0.25, 0.3) is 0 Å². The molecule has 17 heavy (non-hydrogen) atoms. The summed E-state index contributed by atoms with van der Waals surface area (Å²) in [4.78, 5) is 4.19. The molecule has 0 saturated heterocycles. The van der Waals surface area contributed by atoms with Crippen molar-refractivity contribution < 1.29 is 8.42 Å². The Kier molecular flexibility index (Phi) is 5.35. The molecule has 1 heterocycles. The molecule has 0 amide bonds. The first-order chi connectivity index (χ1) is 7.90. The first kappa shape index (κ1) is 14.4. The smallest absolute Gasteiger partial charge is 0.208 e. The van der Waals surface area contributed by atoms with Crippen LogP contribution in [0.4, 0.5) is 5.82 Å². The molecule has 0 spiro atoms. The van der Waals surface area contributed by atoms with Crippen LogP contribution in [0, 0.1) is 6.92 Å². The van der Waals surface area contributed by atoms with E-state index in [1.165, 1.54) is 0 Å². The zero-order chi connectivity index (χ0) is 12.9. The van der Waals surface area contributed by atoms with Gasteiger partial charge in [-0.3, -0.25) is 0 Å². The van der Waals surface area contributed by atoms with E-state index in [4.69, 9.17) is 0 Å². The number of pyridine rings is 1. The molecule has 1 aromatic rings. The maximum absolute atomic E-state index is 10.8. The normalized spacial score (nSPS) is 11.5. The molecule has 7 heteroatoms. The Hall–Kier alpha value is -0.660. The van der Waals surface area contributed by atoms with Gasteiger partial charge in [-0.1, -0.05) is 0 Å². The number of sulfonamides is 1. The van der Waals surface area contributed by atoms with Gasteiger partial charge in [0.05, 0.1) is 10.7 Å². The summed E-state index contributed by atoms with van der Waals surface area (Å²) in [6.07, 6.45) is 3.59. The lowest BCUT2D eigenvalue weighted by atomic mass is 10.3. The van der Waals surface area contributed by atoms with Crippen molar-refractivity contribution in [3.63, 3.8) is 0 Å². The van der Waals surface area contributed by atoms with Gasteiger partial charge in [-0.05, 0) is 40.9 Å². The summed E-state index contributed by atoms with van der Waals surface area (Å²) in [6, 6.07) is 1.92. The highest BCUT2D eigenvalue weighted by atomic mass is 79.9. The standard InChI is InChI=1S/C10H16BrN3O2S/c1-8-4-7-13-10(9(8)11)12-5-3-6-14-17(2,15)16/h4,7,14H,3,5-6H2,1-2H3,(H,12,13). The minimum absolute atomic E-state index is 0.426. The fourth-order valence-corrected chi connectivity index (χ4v) is 2.11. The van der Waals surface area contributed by atoms with Crippen LogP contribution in [0.2, 0.25) is 0 Å². The second kappa shape index (κ2) is 6.32. The number of aromatic nitrogens is 1. The van der Waals surface area contributed by atoms with Gasteiger partial charge < -0.3 is 5.32 Å². The van der Waals surface area contributed by atoms with E-state index in [9.17, 15) is 8.42 Å². The van der Waals surface area contributed by atoms with Crippen molar-refractivity contribution in [3.8, 4) is 0 Å². The molecule has 2 N–H and O–H groups in total. The molecular formula is C10H16BrN3O2S. The summed E-state index contributed by atoms with van der Waals surface area (Å²) in [7, 11) is -3.09. The average Bonchev–Trinajstić information content (AvgIpc) is 2.22. The van der Waals surface area contributed by atoms with E-state index >= 15 is 0 Å². The van der Waals surface area contributed by atoms with Crippen LogP contribution in [0.5, 0.6) is 0 Å². The maximum Gasteiger partial charge on any atom is 0.208 e. The van der Waals surface area contributed by atoms with E-state index in [-0.39, 0.29) is 0 Å². The lowest BCUT2D eigenvalue weighted by Crippen LogP contribution is -2.24. The fourth-order valence-electron chi connectivity index (χ4n) is 1.22. The van der Waals surface area contributed by atoms with Crippen molar-refractivity contribution in [3.05, 3.63) is 22.3 Å². The third kappa shape index (κ3) is 5.47. The second-order valence-corrected chi connectivity index (χ2v) is 6.36. The van der Waals surface area contributed by atoms with Gasteiger partial charge in [0.25, 0.3) is 0 Å². The number of aryl methyl sites for hydroxylation is 1. The molecular weight excluding hydrogens is 306 g/mol. The van der Waals surface area contributed by atoms with Gasteiger partial charge in [0.15, 0.2) is 0 Å². The number of rotatable bonds is 6. The molecule has 0 fully saturated rings. The number of nitrogens with zero attached hydrogens (tertiary/aromatic N) is 1. The summed E-state index contributed by atoms with van der Waals surface area (Å²) in [5.41, 5.74) is 1.11. The molecule has 0 aromatic carbocycles. The van der Waals surface area contributed by atoms with Crippen LogP contribution < -0.4 is 10.0 Å². The van der Waals surface area contributed by atoms with Crippen molar-refractivity contribution in [2.75, 3.05) is 24.7 Å². The Morgan fingerprint density at radius 1 is 1.41 bits per heavy atom. The van der Waals surface area contributed by atoms with Gasteiger partial charge in [-0.15, -0.1) is 0 Å². The van der Waals surface area contributed by atoms with Crippen LogP contribution in [0.3, 0.4) is 0 Å². The van der Waals surface area contributed by atoms with Gasteiger partial charge in [0.2, 0.25) is 10.0 Å². The third-order valence-electron chi connectivity index (χ3n) is 2.09. The molecule has 0 atom stereocenters. The Labute approximate surface area is 110 Å². The van der Waals surface area contributed by atoms with E-state index < -0.39 is 10.0 Å². The van der Waals surface area contributed by atoms with Crippen molar-refractivity contribution in [1.82, 2.24) is 9.71 Å². The predicted molar refractivity (Wildman–Crippen MR) is 72.6 cm³/mol. The van der Waals surface area contributed by atoms with Gasteiger partial charge in [-0.2, -0.15) is 0 Å². The molecule has 1 rings (SSSR count). The summed E-state index contributed by atoms with van der Waals surface area (Å²) >= 11 is 3.44. The Morgan fingerprint density at radius 3 is 2.76 bits per heavy atom. The zero-order valence-corrected chi connectivity index (χ0v) is 12.2. The third-order valence-corrected chi connectivity index (χ3v) is 3.82. The Morgan fingerprint density at radius 2 is 2.12 bits per heavy atom. The van der Waals surface area contributed by atoms with E-state index in [1.54, 1.807) is 6.20 Å². The van der Waals surface area contributed by atoms with Gasteiger partial charge in [0.1, 0.15) is 5.82 Å². The summed E-state index contributed by atoms with van der Waals surface area (Å²) < 4.78 is 25.0. The number of anilines is 1. The minimum Gasteiger partial charge on any atom is -0.369 e. The molecule has 0 unspecified atom stereocenters. The molecule has 0 bridgehead atoms. The summed E-state index contributed by atoms with van der Waals surface area (Å²) in [6.45, 7) is 3.08. The molecule has 96 valence electrons. The lowest BCUT2D eigenvalue weighted by Gasteiger charge is -2.08. The van der Waals surface area contributed by atoms with Crippen molar-refractivity contribution in [2.24, 2.45) is 0 Å². The zero-order valence-electron chi connectivity index (χ0n) is 9.83. The van der Waals surface area contributed by atoms with Crippen LogP contribution in [0.15, 0.2) is 16.7 Å². The molecule has 5 nitrogen and oxygen atoms in total. The molecule has 0 aliphatic heterocycles. The van der Waals surface area contributed by atoms with Crippen LogP contribution in [0.1, 0.15) is 12.0 Å². The first-order valence-corrected chi connectivity index (χ1v) is 7.88. The van der Waals surface area contributed by atoms with Gasteiger partial charge in [0, 0.05) is 19.3 Å².